The summed E-state index contributed by atoms with van der Waals surface area (Å²) < 4.78 is 25.5. The summed E-state index contributed by atoms with van der Waals surface area (Å²) in [6, 6.07) is 5.03. The number of hydrogen-bond acceptors (Lipinski definition) is 5. The molecular weight excluding hydrogens is 288 g/mol. The van der Waals surface area contributed by atoms with E-state index in [0.717, 1.165) is 25.9 Å². The van der Waals surface area contributed by atoms with E-state index in [0.29, 0.717) is 5.69 Å². The second-order valence-corrected chi connectivity index (χ2v) is 7.56. The first-order valence-corrected chi connectivity index (χ1v) is 8.40. The van der Waals surface area contributed by atoms with Gasteiger partial charge in [0.1, 0.15) is 4.90 Å². The summed E-state index contributed by atoms with van der Waals surface area (Å²) in [5, 5.41) is 3.21. The van der Waals surface area contributed by atoms with Gasteiger partial charge in [-0.15, -0.1) is 0 Å². The molecule has 0 unspecified atom stereocenters. The molecule has 0 aliphatic heterocycles. The first kappa shape index (κ1) is 17.7. The molecule has 1 aromatic rings. The molecule has 3 N–H and O–H groups in total. The Kier molecular flexibility index (Phi) is 6.44. The van der Waals surface area contributed by atoms with Crippen LogP contribution in [-0.4, -0.2) is 58.9 Å². The number of benzene rings is 1. The van der Waals surface area contributed by atoms with Crippen molar-refractivity contribution in [1.82, 2.24) is 9.21 Å². The third-order valence-electron chi connectivity index (χ3n) is 3.17. The molecule has 1 aromatic carbocycles. The maximum atomic E-state index is 12.2. The van der Waals surface area contributed by atoms with Crippen molar-refractivity contribution in [1.29, 1.82) is 0 Å². The van der Waals surface area contributed by atoms with Crippen LogP contribution in [0.1, 0.15) is 12.8 Å². The van der Waals surface area contributed by atoms with Gasteiger partial charge in [-0.2, -0.15) is 0 Å². The number of unbranched alkanes of at least 4 members (excludes halogenated alkanes) is 1. The smallest absolute Gasteiger partial charge is 0.244 e. The molecule has 0 bridgehead atoms. The first-order chi connectivity index (χ1) is 9.76. The largest absolute Gasteiger partial charge is 0.396 e. The molecule has 0 radical (unpaired) electrons. The Morgan fingerprint density at radius 3 is 2.38 bits per heavy atom. The Bertz CT molecular complexity index is 556. The Balaban J connectivity index is 2.74. The molecule has 1 rings (SSSR count). The minimum atomic E-state index is -3.51. The second kappa shape index (κ2) is 7.63. The molecule has 0 saturated carbocycles. The van der Waals surface area contributed by atoms with Crippen molar-refractivity contribution in [3.8, 4) is 0 Å². The molecule has 6 nitrogen and oxygen atoms in total. The lowest BCUT2D eigenvalue weighted by Gasteiger charge is -2.16. The van der Waals surface area contributed by atoms with Crippen LogP contribution in [0.2, 0.25) is 0 Å². The van der Waals surface area contributed by atoms with E-state index in [1.807, 2.05) is 14.1 Å². The van der Waals surface area contributed by atoms with E-state index in [4.69, 9.17) is 5.73 Å². The van der Waals surface area contributed by atoms with Crippen molar-refractivity contribution in [3.63, 3.8) is 0 Å². The topological polar surface area (TPSA) is 78.7 Å². The number of anilines is 2. The minimum Gasteiger partial charge on any atom is -0.396 e. The lowest BCUT2D eigenvalue weighted by molar-refractivity contribution is 0.396. The maximum absolute atomic E-state index is 12.2. The van der Waals surface area contributed by atoms with Crippen LogP contribution in [0, 0.1) is 0 Å². The fourth-order valence-corrected chi connectivity index (χ4v) is 2.93. The molecule has 0 aliphatic carbocycles. The minimum absolute atomic E-state index is 0.144. The van der Waals surface area contributed by atoms with Crippen LogP contribution in [0.5, 0.6) is 0 Å². The highest BCUT2D eigenvalue weighted by Gasteiger charge is 2.21. The van der Waals surface area contributed by atoms with Gasteiger partial charge in [0.05, 0.1) is 11.4 Å². The quantitative estimate of drug-likeness (QED) is 0.558. The molecule has 0 saturated heterocycles. The van der Waals surface area contributed by atoms with Gasteiger partial charge >= 0.3 is 0 Å². The van der Waals surface area contributed by atoms with Gasteiger partial charge in [-0.1, -0.05) is 6.07 Å². The molecule has 7 heteroatoms. The second-order valence-electron chi connectivity index (χ2n) is 5.44. The summed E-state index contributed by atoms with van der Waals surface area (Å²) in [7, 11) is 3.56. The summed E-state index contributed by atoms with van der Waals surface area (Å²) >= 11 is 0. The highest BCUT2D eigenvalue weighted by Crippen LogP contribution is 2.28. The van der Waals surface area contributed by atoms with Crippen molar-refractivity contribution in [3.05, 3.63) is 18.2 Å². The van der Waals surface area contributed by atoms with Crippen molar-refractivity contribution < 1.29 is 8.42 Å². The predicted octanol–water partition coefficient (Wildman–Crippen LogP) is 1.27. The average molecular weight is 314 g/mol. The molecule has 120 valence electrons. The van der Waals surface area contributed by atoms with E-state index < -0.39 is 10.0 Å². The number of sulfonamides is 1. The van der Waals surface area contributed by atoms with E-state index in [9.17, 15) is 8.42 Å². The van der Waals surface area contributed by atoms with Gasteiger partial charge in [0.15, 0.2) is 0 Å². The third kappa shape index (κ3) is 4.87. The molecule has 0 atom stereocenters. The number of hydrogen-bond donors (Lipinski definition) is 2. The molecule has 0 fully saturated rings. The number of para-hydroxylation sites is 1. The lowest BCUT2D eigenvalue weighted by atomic mass is 10.2. The zero-order chi connectivity index (χ0) is 16.0. The summed E-state index contributed by atoms with van der Waals surface area (Å²) in [4.78, 5) is 2.28. The number of rotatable bonds is 8. The van der Waals surface area contributed by atoms with Gasteiger partial charge in [0.25, 0.3) is 0 Å². The summed E-state index contributed by atoms with van der Waals surface area (Å²) in [5.41, 5.74) is 6.94. The lowest BCUT2D eigenvalue weighted by Crippen LogP contribution is -2.23. The molecule has 0 spiro atoms. The van der Waals surface area contributed by atoms with Crippen LogP contribution in [-0.2, 0) is 10.0 Å². The van der Waals surface area contributed by atoms with E-state index in [-0.39, 0.29) is 10.6 Å². The zero-order valence-corrected chi connectivity index (χ0v) is 14.1. The van der Waals surface area contributed by atoms with Gasteiger partial charge < -0.3 is 16.0 Å². The Morgan fingerprint density at radius 2 is 1.81 bits per heavy atom. The number of nitrogens with zero attached hydrogens (tertiary/aromatic N) is 2. The Labute approximate surface area is 128 Å². The summed E-state index contributed by atoms with van der Waals surface area (Å²) in [5.74, 6) is 0. The maximum Gasteiger partial charge on any atom is 0.244 e. The fraction of sp³-hybridized carbons (Fsp3) is 0.571. The molecule has 0 aliphatic rings. The fourth-order valence-electron chi connectivity index (χ4n) is 1.90. The number of nitrogens with two attached hydrogens (primary N) is 1. The summed E-state index contributed by atoms with van der Waals surface area (Å²) in [6.07, 6.45) is 2.08. The van der Waals surface area contributed by atoms with Gasteiger partial charge in [-0.25, -0.2) is 12.7 Å². The van der Waals surface area contributed by atoms with E-state index >= 15 is 0 Å². The van der Waals surface area contributed by atoms with Crippen LogP contribution in [0.4, 0.5) is 11.4 Å². The summed E-state index contributed by atoms with van der Waals surface area (Å²) in [6.45, 7) is 1.80. The Hall–Kier alpha value is -1.31. The molecule has 0 heterocycles. The zero-order valence-electron chi connectivity index (χ0n) is 13.3. The first-order valence-electron chi connectivity index (χ1n) is 6.96. The monoisotopic (exact) mass is 314 g/mol. The van der Waals surface area contributed by atoms with Crippen LogP contribution >= 0.6 is 0 Å². The average Bonchev–Trinajstić information content (AvgIpc) is 2.39. The van der Waals surface area contributed by atoms with Crippen LogP contribution < -0.4 is 11.1 Å². The molecule has 21 heavy (non-hydrogen) atoms. The van der Waals surface area contributed by atoms with Gasteiger partial charge in [-0.05, 0) is 45.6 Å². The molecule has 0 aromatic heterocycles. The van der Waals surface area contributed by atoms with E-state index in [2.05, 4.69) is 10.2 Å². The highest BCUT2D eigenvalue weighted by molar-refractivity contribution is 7.89. The predicted molar refractivity (Wildman–Crippen MR) is 88.0 cm³/mol. The van der Waals surface area contributed by atoms with Crippen molar-refractivity contribution in [2.24, 2.45) is 0 Å². The van der Waals surface area contributed by atoms with Gasteiger partial charge in [-0.3, -0.25) is 0 Å². The van der Waals surface area contributed by atoms with E-state index in [1.165, 1.54) is 24.5 Å². The van der Waals surface area contributed by atoms with Crippen LogP contribution in [0.15, 0.2) is 23.1 Å². The van der Waals surface area contributed by atoms with Crippen LogP contribution in [0.3, 0.4) is 0 Å². The normalized spacial score (nSPS) is 12.1. The number of nitrogens with one attached hydrogen (secondary N) is 1. The van der Waals surface area contributed by atoms with Crippen molar-refractivity contribution >= 4 is 21.4 Å². The van der Waals surface area contributed by atoms with Gasteiger partial charge in [0, 0.05) is 20.6 Å². The molecule has 0 amide bonds. The molecular formula is C14H26N4O2S. The number of nitrogen functional groups attached to an aromatic ring is 1. The van der Waals surface area contributed by atoms with Crippen molar-refractivity contribution in [2.75, 3.05) is 52.3 Å². The Morgan fingerprint density at radius 1 is 1.14 bits per heavy atom. The highest BCUT2D eigenvalue weighted by atomic mass is 32.2. The van der Waals surface area contributed by atoms with E-state index in [1.54, 1.807) is 12.1 Å². The van der Waals surface area contributed by atoms with Crippen LogP contribution in [0.25, 0.3) is 0 Å². The van der Waals surface area contributed by atoms with Crippen molar-refractivity contribution in [2.45, 2.75) is 17.7 Å². The van der Waals surface area contributed by atoms with Gasteiger partial charge in [0.2, 0.25) is 10.0 Å². The SMILES string of the molecule is CN(C)CCCCNc1cccc(S(=O)(=O)N(C)C)c1N. The standard InChI is InChI=1S/C14H26N4O2S/c1-17(2)11-6-5-10-16-12-8-7-9-13(14(12)15)21(19,20)18(3)4/h7-9,16H,5-6,10-11,15H2,1-4H3. The third-order valence-corrected chi connectivity index (χ3v) is 5.05.